The molecule has 0 aliphatic carbocycles. The Morgan fingerprint density at radius 2 is 1.76 bits per heavy atom. The molecule has 34 heavy (non-hydrogen) atoms. The fourth-order valence-electron chi connectivity index (χ4n) is 3.24. The van der Waals surface area contributed by atoms with Crippen LogP contribution in [0.2, 0.25) is 0 Å². The summed E-state index contributed by atoms with van der Waals surface area (Å²) in [5.74, 6) is -0.0107. The topological polar surface area (TPSA) is 127 Å². The SMILES string of the molecule is Cc1cc(/C=C/C#N)cc(C)c1Nc1cc(C(=O)NCCF)nc(Nc2ccc(C#N)cc2)n1. The van der Waals surface area contributed by atoms with E-state index < -0.39 is 12.6 Å². The average Bonchev–Trinajstić information content (AvgIpc) is 2.83. The summed E-state index contributed by atoms with van der Waals surface area (Å²) in [5.41, 5.74) is 4.72. The van der Waals surface area contributed by atoms with Crippen LogP contribution in [0.15, 0.2) is 48.5 Å². The molecule has 0 saturated carbocycles. The van der Waals surface area contributed by atoms with Crippen LogP contribution in [0.5, 0.6) is 0 Å². The average molecular weight is 455 g/mol. The third-order valence-corrected chi connectivity index (χ3v) is 4.77. The third-order valence-electron chi connectivity index (χ3n) is 4.77. The maximum absolute atomic E-state index is 12.5. The summed E-state index contributed by atoms with van der Waals surface area (Å²) in [5, 5.41) is 26.5. The molecule has 0 aliphatic heterocycles. The number of benzene rings is 2. The van der Waals surface area contributed by atoms with Crippen molar-refractivity contribution in [1.29, 1.82) is 10.5 Å². The molecule has 8 nitrogen and oxygen atoms in total. The molecule has 9 heteroatoms. The minimum atomic E-state index is -0.691. The molecule has 3 aromatic rings. The first-order valence-electron chi connectivity index (χ1n) is 10.4. The van der Waals surface area contributed by atoms with E-state index in [-0.39, 0.29) is 18.2 Å². The van der Waals surface area contributed by atoms with Crippen LogP contribution >= 0.6 is 0 Å². The number of nitrogens with zero attached hydrogens (tertiary/aromatic N) is 4. The van der Waals surface area contributed by atoms with E-state index >= 15 is 0 Å². The molecule has 1 heterocycles. The van der Waals surface area contributed by atoms with E-state index in [4.69, 9.17) is 10.5 Å². The maximum atomic E-state index is 12.5. The first-order valence-corrected chi connectivity index (χ1v) is 10.4. The highest BCUT2D eigenvalue weighted by molar-refractivity contribution is 5.93. The van der Waals surface area contributed by atoms with Gasteiger partial charge in [0.05, 0.1) is 17.7 Å². The van der Waals surface area contributed by atoms with Crippen molar-refractivity contribution in [2.75, 3.05) is 23.9 Å². The van der Waals surface area contributed by atoms with E-state index in [0.717, 1.165) is 22.4 Å². The molecular formula is C25H22FN7O. The van der Waals surface area contributed by atoms with Gasteiger partial charge in [0.2, 0.25) is 5.95 Å². The number of alkyl halides is 1. The number of amides is 1. The highest BCUT2D eigenvalue weighted by atomic mass is 19.1. The summed E-state index contributed by atoms with van der Waals surface area (Å²) in [6.07, 6.45) is 3.14. The number of aryl methyl sites for hydroxylation is 2. The van der Waals surface area contributed by atoms with Gasteiger partial charge in [0.15, 0.2) is 0 Å². The lowest BCUT2D eigenvalue weighted by Crippen LogP contribution is -2.26. The summed E-state index contributed by atoms with van der Waals surface area (Å²) in [6.45, 7) is 3.03. The van der Waals surface area contributed by atoms with Crippen molar-refractivity contribution in [3.8, 4) is 12.1 Å². The largest absolute Gasteiger partial charge is 0.348 e. The highest BCUT2D eigenvalue weighted by Gasteiger charge is 2.14. The summed E-state index contributed by atoms with van der Waals surface area (Å²) in [6, 6.07) is 16.1. The Morgan fingerprint density at radius 3 is 2.38 bits per heavy atom. The number of nitriles is 2. The fourth-order valence-corrected chi connectivity index (χ4v) is 3.24. The van der Waals surface area contributed by atoms with E-state index in [2.05, 4.69) is 32.0 Å². The highest BCUT2D eigenvalue weighted by Crippen LogP contribution is 2.27. The normalized spacial score (nSPS) is 10.4. The summed E-state index contributed by atoms with van der Waals surface area (Å²) in [7, 11) is 0. The Balaban J connectivity index is 1.96. The van der Waals surface area contributed by atoms with Crippen LogP contribution in [-0.4, -0.2) is 29.1 Å². The first-order chi connectivity index (χ1) is 16.4. The minimum absolute atomic E-state index is 0.0611. The molecule has 0 radical (unpaired) electrons. The van der Waals surface area contributed by atoms with E-state index in [0.29, 0.717) is 17.1 Å². The lowest BCUT2D eigenvalue weighted by Gasteiger charge is -2.15. The summed E-state index contributed by atoms with van der Waals surface area (Å²) < 4.78 is 12.5. The number of allylic oxidation sites excluding steroid dienone is 1. The Hall–Kier alpha value is -4.76. The van der Waals surface area contributed by atoms with Crippen molar-refractivity contribution in [2.45, 2.75) is 13.8 Å². The van der Waals surface area contributed by atoms with Crippen molar-refractivity contribution in [2.24, 2.45) is 0 Å². The van der Waals surface area contributed by atoms with Crippen molar-refractivity contribution in [3.05, 3.63) is 76.5 Å². The summed E-state index contributed by atoms with van der Waals surface area (Å²) in [4.78, 5) is 21.2. The predicted octanol–water partition coefficient (Wildman–Crippen LogP) is 4.69. The van der Waals surface area contributed by atoms with Crippen LogP contribution in [0, 0.1) is 36.5 Å². The van der Waals surface area contributed by atoms with Gasteiger partial charge < -0.3 is 16.0 Å². The van der Waals surface area contributed by atoms with Crippen LogP contribution in [0.25, 0.3) is 6.08 Å². The number of hydrogen-bond acceptors (Lipinski definition) is 7. The molecule has 1 aromatic heterocycles. The number of nitrogens with one attached hydrogen (secondary N) is 3. The molecule has 170 valence electrons. The van der Waals surface area contributed by atoms with Gasteiger partial charge in [-0.3, -0.25) is 4.79 Å². The summed E-state index contributed by atoms with van der Waals surface area (Å²) >= 11 is 0. The maximum Gasteiger partial charge on any atom is 0.270 e. The van der Waals surface area contributed by atoms with E-state index in [1.165, 1.54) is 12.1 Å². The van der Waals surface area contributed by atoms with Crippen LogP contribution in [-0.2, 0) is 0 Å². The first kappa shape index (κ1) is 23.9. The van der Waals surface area contributed by atoms with Gasteiger partial charge >= 0.3 is 0 Å². The van der Waals surface area contributed by atoms with Crippen LogP contribution in [0.3, 0.4) is 0 Å². The van der Waals surface area contributed by atoms with Gasteiger partial charge in [0.1, 0.15) is 18.2 Å². The van der Waals surface area contributed by atoms with Gasteiger partial charge in [-0.1, -0.05) is 0 Å². The Bertz CT molecular complexity index is 1280. The molecular weight excluding hydrogens is 433 g/mol. The lowest BCUT2D eigenvalue weighted by atomic mass is 10.0. The number of anilines is 4. The number of aromatic nitrogens is 2. The zero-order valence-corrected chi connectivity index (χ0v) is 18.7. The number of carbonyl (C=O) groups excluding carboxylic acids is 1. The van der Waals surface area contributed by atoms with E-state index in [9.17, 15) is 9.18 Å². The van der Waals surface area contributed by atoms with Crippen LogP contribution in [0.4, 0.5) is 27.5 Å². The quantitative estimate of drug-likeness (QED) is 0.421. The van der Waals surface area contributed by atoms with Crippen molar-refractivity contribution >= 4 is 35.1 Å². The number of halogens is 1. The number of hydrogen-bond donors (Lipinski definition) is 3. The van der Waals surface area contributed by atoms with Gasteiger partial charge in [-0.15, -0.1) is 0 Å². The molecule has 2 aromatic carbocycles. The van der Waals surface area contributed by atoms with Crippen LogP contribution < -0.4 is 16.0 Å². The van der Waals surface area contributed by atoms with E-state index in [1.807, 2.05) is 32.0 Å². The second-order valence-corrected chi connectivity index (χ2v) is 7.34. The molecule has 0 spiro atoms. The molecule has 0 saturated heterocycles. The van der Waals surface area contributed by atoms with Gasteiger partial charge in [0, 0.05) is 30.1 Å². The zero-order valence-electron chi connectivity index (χ0n) is 18.7. The molecule has 1 amide bonds. The van der Waals surface area contributed by atoms with Crippen molar-refractivity contribution in [3.63, 3.8) is 0 Å². The lowest BCUT2D eigenvalue weighted by molar-refractivity contribution is 0.0946. The van der Waals surface area contributed by atoms with Gasteiger partial charge in [-0.05, 0) is 73.0 Å². The van der Waals surface area contributed by atoms with Crippen molar-refractivity contribution in [1.82, 2.24) is 15.3 Å². The monoisotopic (exact) mass is 455 g/mol. The van der Waals surface area contributed by atoms with E-state index in [1.54, 1.807) is 30.3 Å². The van der Waals surface area contributed by atoms with Crippen molar-refractivity contribution < 1.29 is 9.18 Å². The molecule has 3 rings (SSSR count). The Kier molecular flexibility index (Phi) is 7.88. The smallest absolute Gasteiger partial charge is 0.270 e. The Morgan fingerprint density at radius 1 is 1.06 bits per heavy atom. The third kappa shape index (κ3) is 6.15. The Labute approximate surface area is 196 Å². The second kappa shape index (κ2) is 11.2. The zero-order chi connectivity index (χ0) is 24.5. The molecule has 0 bridgehead atoms. The molecule has 0 fully saturated rings. The second-order valence-electron chi connectivity index (χ2n) is 7.34. The molecule has 3 N–H and O–H groups in total. The standard InChI is InChI=1S/C25H22FN7O/c1-16-12-19(4-3-10-27)13-17(2)23(16)32-22-14-21(24(34)29-11-9-26)31-25(33-22)30-20-7-5-18(15-28)6-8-20/h3-8,12-14H,9,11H2,1-2H3,(H,29,34)(H2,30,31,32,33)/b4-3+. The van der Waals surface area contributed by atoms with Gasteiger partial charge in [-0.25, -0.2) is 9.37 Å². The molecule has 0 atom stereocenters. The fraction of sp³-hybridized carbons (Fsp3) is 0.160. The van der Waals surface area contributed by atoms with Gasteiger partial charge in [-0.2, -0.15) is 15.5 Å². The molecule has 0 aliphatic rings. The minimum Gasteiger partial charge on any atom is -0.348 e. The molecule has 0 unspecified atom stereocenters. The predicted molar refractivity (Wildman–Crippen MR) is 129 cm³/mol. The van der Waals surface area contributed by atoms with Crippen LogP contribution in [0.1, 0.15) is 32.7 Å². The number of rotatable bonds is 8. The van der Waals surface area contributed by atoms with Gasteiger partial charge in [0.25, 0.3) is 5.91 Å². The number of carbonyl (C=O) groups is 1.